The highest BCUT2D eigenvalue weighted by molar-refractivity contribution is 6.82. The molecule has 0 amide bonds. The molecular formula is C13H24NSi. The highest BCUT2D eigenvalue weighted by Gasteiger charge is 2.34. The maximum absolute atomic E-state index is 6.30. The second-order valence-electron chi connectivity index (χ2n) is 4.09. The van der Waals surface area contributed by atoms with Crippen molar-refractivity contribution in [1.29, 1.82) is 0 Å². The Bertz CT molecular complexity index is 184. The Kier molecular flexibility index (Phi) is 7.35. The topological polar surface area (TPSA) is 26.0 Å². The van der Waals surface area contributed by atoms with Gasteiger partial charge in [-0.3, -0.25) is 0 Å². The predicted molar refractivity (Wildman–Crippen MR) is 73.3 cm³/mol. The third kappa shape index (κ3) is 4.18. The lowest BCUT2D eigenvalue weighted by molar-refractivity contribution is 0.753. The fourth-order valence-electron chi connectivity index (χ4n) is 2.09. The zero-order chi connectivity index (χ0) is 11.7. The molecule has 0 fully saturated rings. The van der Waals surface area contributed by atoms with E-state index in [1.54, 1.807) is 0 Å². The lowest BCUT2D eigenvalue weighted by Gasteiger charge is -2.35. The van der Waals surface area contributed by atoms with E-state index >= 15 is 0 Å². The molecule has 1 atom stereocenters. The minimum atomic E-state index is -1.54. The summed E-state index contributed by atoms with van der Waals surface area (Å²) in [6.07, 6.45) is 7.91. The van der Waals surface area contributed by atoms with Crippen LogP contribution in [-0.2, 0) is 0 Å². The maximum Gasteiger partial charge on any atom is 0.0833 e. The summed E-state index contributed by atoms with van der Waals surface area (Å²) in [4.78, 5) is 0. The fraction of sp³-hybridized carbons (Fsp3) is 0.462. The molecule has 1 unspecified atom stereocenters. The van der Waals surface area contributed by atoms with Gasteiger partial charge in [0.05, 0.1) is 8.07 Å². The molecule has 0 saturated heterocycles. The van der Waals surface area contributed by atoms with E-state index in [0.717, 1.165) is 31.0 Å². The molecule has 0 aliphatic rings. The van der Waals surface area contributed by atoms with Crippen LogP contribution in [0, 0.1) is 6.92 Å². The van der Waals surface area contributed by atoms with Crippen LogP contribution in [0.25, 0.3) is 0 Å². The van der Waals surface area contributed by atoms with Crippen LogP contribution in [0.2, 0.25) is 18.1 Å². The second-order valence-corrected chi connectivity index (χ2v) is 8.78. The molecule has 2 N–H and O–H groups in total. The first kappa shape index (κ1) is 14.4. The van der Waals surface area contributed by atoms with E-state index in [4.69, 9.17) is 5.73 Å². The van der Waals surface area contributed by atoms with Gasteiger partial charge in [0, 0.05) is 0 Å². The van der Waals surface area contributed by atoms with E-state index in [9.17, 15) is 0 Å². The van der Waals surface area contributed by atoms with Crippen molar-refractivity contribution in [2.45, 2.75) is 36.6 Å². The van der Waals surface area contributed by atoms with Gasteiger partial charge in [0.2, 0.25) is 0 Å². The quantitative estimate of drug-likeness (QED) is 0.469. The molecule has 0 spiro atoms. The van der Waals surface area contributed by atoms with E-state index in [1.807, 2.05) is 18.2 Å². The van der Waals surface area contributed by atoms with Crippen molar-refractivity contribution in [3.63, 3.8) is 0 Å². The predicted octanol–water partition coefficient (Wildman–Crippen LogP) is 3.47. The Hall–Kier alpha value is -0.603. The van der Waals surface area contributed by atoms with Crippen LogP contribution in [0.4, 0.5) is 0 Å². The van der Waals surface area contributed by atoms with Gasteiger partial charge in [0.15, 0.2) is 0 Å². The maximum atomic E-state index is 6.30. The summed E-state index contributed by atoms with van der Waals surface area (Å²) in [7, 11) is -1.54. The lowest BCUT2D eigenvalue weighted by atomic mass is 10.3. The SMILES string of the molecule is [CH2]CCC(N)[Si](CC=C)(CC=C)CC=C. The van der Waals surface area contributed by atoms with E-state index in [-0.39, 0.29) is 5.67 Å². The summed E-state index contributed by atoms with van der Waals surface area (Å²) in [6, 6.07) is 3.14. The Morgan fingerprint density at radius 2 is 1.40 bits per heavy atom. The largest absolute Gasteiger partial charge is 0.330 e. The van der Waals surface area contributed by atoms with E-state index < -0.39 is 8.07 Å². The van der Waals surface area contributed by atoms with Crippen LogP contribution in [0.5, 0.6) is 0 Å². The van der Waals surface area contributed by atoms with Gasteiger partial charge in [-0.2, -0.15) is 0 Å². The third-order valence-electron chi connectivity index (χ3n) is 2.95. The smallest absolute Gasteiger partial charge is 0.0833 e. The summed E-state index contributed by atoms with van der Waals surface area (Å²) >= 11 is 0. The zero-order valence-electron chi connectivity index (χ0n) is 9.75. The van der Waals surface area contributed by atoms with Crippen LogP contribution >= 0.6 is 0 Å². The first-order valence-electron chi connectivity index (χ1n) is 5.54. The normalized spacial score (nSPS) is 13.2. The highest BCUT2D eigenvalue weighted by Crippen LogP contribution is 2.27. The average Bonchev–Trinajstić information content (AvgIpc) is 2.19. The lowest BCUT2D eigenvalue weighted by Crippen LogP contribution is -2.51. The molecule has 0 aromatic heterocycles. The van der Waals surface area contributed by atoms with Gasteiger partial charge in [-0.15, -0.1) is 19.7 Å². The molecule has 0 heterocycles. The van der Waals surface area contributed by atoms with Crippen LogP contribution in [0.1, 0.15) is 12.8 Å². The van der Waals surface area contributed by atoms with Gasteiger partial charge in [-0.25, -0.2) is 0 Å². The van der Waals surface area contributed by atoms with Gasteiger partial charge in [-0.1, -0.05) is 31.6 Å². The molecule has 85 valence electrons. The van der Waals surface area contributed by atoms with Crippen molar-refractivity contribution in [3.05, 3.63) is 44.9 Å². The molecule has 0 bridgehead atoms. The van der Waals surface area contributed by atoms with Crippen LogP contribution in [0.3, 0.4) is 0 Å². The number of allylic oxidation sites excluding steroid dienone is 3. The molecule has 0 saturated carbocycles. The van der Waals surface area contributed by atoms with Crippen molar-refractivity contribution >= 4 is 8.07 Å². The Labute approximate surface area is 95.8 Å². The monoisotopic (exact) mass is 222 g/mol. The summed E-state index contributed by atoms with van der Waals surface area (Å²) in [6.45, 7) is 15.4. The van der Waals surface area contributed by atoms with Gasteiger partial charge >= 0.3 is 0 Å². The van der Waals surface area contributed by atoms with Gasteiger partial charge in [0.25, 0.3) is 0 Å². The molecule has 2 heteroatoms. The van der Waals surface area contributed by atoms with Crippen molar-refractivity contribution in [2.75, 3.05) is 0 Å². The zero-order valence-corrected chi connectivity index (χ0v) is 10.8. The molecule has 0 aliphatic carbocycles. The average molecular weight is 222 g/mol. The van der Waals surface area contributed by atoms with E-state index in [1.165, 1.54) is 0 Å². The van der Waals surface area contributed by atoms with E-state index in [0.29, 0.717) is 0 Å². The molecule has 0 aromatic carbocycles. The fourth-order valence-corrected chi connectivity index (χ4v) is 6.04. The standard InChI is InChI=1S/C13H24NSi/c1-5-9-13(14)15(10-6-2,11-7-3)12-8-4/h6-8,13H,1-5,9-12,14H2. The Morgan fingerprint density at radius 1 is 1.00 bits per heavy atom. The van der Waals surface area contributed by atoms with Crippen molar-refractivity contribution in [3.8, 4) is 0 Å². The van der Waals surface area contributed by atoms with Gasteiger partial charge in [0.1, 0.15) is 0 Å². The summed E-state index contributed by atoms with van der Waals surface area (Å²) in [5.74, 6) is 0. The highest BCUT2D eigenvalue weighted by atomic mass is 28.3. The third-order valence-corrected chi connectivity index (χ3v) is 8.12. The van der Waals surface area contributed by atoms with E-state index in [2.05, 4.69) is 26.7 Å². The molecule has 0 aromatic rings. The number of nitrogens with two attached hydrogens (primary N) is 1. The molecule has 1 nitrogen and oxygen atoms in total. The van der Waals surface area contributed by atoms with Crippen LogP contribution < -0.4 is 5.73 Å². The van der Waals surface area contributed by atoms with Gasteiger partial charge in [-0.05, 0) is 30.2 Å². The number of rotatable bonds is 9. The van der Waals surface area contributed by atoms with Gasteiger partial charge < -0.3 is 5.73 Å². The van der Waals surface area contributed by atoms with Crippen molar-refractivity contribution in [2.24, 2.45) is 5.73 Å². The van der Waals surface area contributed by atoms with Crippen LogP contribution in [0.15, 0.2) is 38.0 Å². The summed E-state index contributed by atoms with van der Waals surface area (Å²) in [5.41, 5.74) is 6.58. The Morgan fingerprint density at radius 3 is 1.67 bits per heavy atom. The summed E-state index contributed by atoms with van der Waals surface area (Å²) < 4.78 is 0. The molecule has 0 rings (SSSR count). The Balaban J connectivity index is 4.79. The minimum Gasteiger partial charge on any atom is -0.330 e. The molecule has 1 radical (unpaired) electrons. The number of hydrogen-bond donors (Lipinski definition) is 1. The first-order valence-corrected chi connectivity index (χ1v) is 8.24. The molecular weight excluding hydrogens is 198 g/mol. The van der Waals surface area contributed by atoms with Crippen LogP contribution in [-0.4, -0.2) is 13.7 Å². The first-order chi connectivity index (χ1) is 7.16. The molecule has 15 heavy (non-hydrogen) atoms. The van der Waals surface area contributed by atoms with Crippen molar-refractivity contribution < 1.29 is 0 Å². The minimum absolute atomic E-state index is 0.281. The van der Waals surface area contributed by atoms with Crippen molar-refractivity contribution in [1.82, 2.24) is 0 Å². The second kappa shape index (κ2) is 7.66. The summed E-state index contributed by atoms with van der Waals surface area (Å²) in [5, 5.41) is 0. The molecule has 0 aliphatic heterocycles. The number of hydrogen-bond acceptors (Lipinski definition) is 1.